The van der Waals surface area contributed by atoms with Crippen molar-refractivity contribution in [2.75, 3.05) is 6.61 Å². The van der Waals surface area contributed by atoms with Gasteiger partial charge in [0.2, 0.25) is 5.91 Å². The molecule has 1 unspecified atom stereocenters. The molecule has 0 aromatic heterocycles. The van der Waals surface area contributed by atoms with E-state index in [-0.39, 0.29) is 24.0 Å². The van der Waals surface area contributed by atoms with Gasteiger partial charge in [-0.25, -0.2) is 0 Å². The quantitative estimate of drug-likeness (QED) is 0.649. The highest BCUT2D eigenvalue weighted by Gasteiger charge is 2.28. The van der Waals surface area contributed by atoms with E-state index in [1.54, 1.807) is 0 Å². The zero-order chi connectivity index (χ0) is 15.9. The van der Waals surface area contributed by atoms with Crippen molar-refractivity contribution in [3.05, 3.63) is 47.5 Å². The molecule has 0 spiro atoms. The minimum atomic E-state index is -0.203. The number of nitrogens with one attached hydrogen (secondary N) is 1. The summed E-state index contributed by atoms with van der Waals surface area (Å²) < 4.78 is 5.69. The molecule has 0 heterocycles. The topological polar surface area (TPSA) is 55.4 Å². The van der Waals surface area contributed by atoms with Crippen molar-refractivity contribution in [3.8, 4) is 0 Å². The lowest BCUT2D eigenvalue weighted by atomic mass is 9.83. The van der Waals surface area contributed by atoms with Gasteiger partial charge in [-0.1, -0.05) is 36.4 Å². The Morgan fingerprint density at radius 1 is 1.41 bits per heavy atom. The molecule has 4 nitrogen and oxygen atoms in total. The van der Waals surface area contributed by atoms with Crippen molar-refractivity contribution in [3.63, 3.8) is 0 Å². The Kier molecular flexibility index (Phi) is 5.90. The summed E-state index contributed by atoms with van der Waals surface area (Å²) in [7, 11) is 0. The number of carbonyl (C=O) groups is 2. The number of carbonyl (C=O) groups excluding carboxylic acids is 2. The van der Waals surface area contributed by atoms with Crippen molar-refractivity contribution in [2.24, 2.45) is 5.92 Å². The van der Waals surface area contributed by atoms with Crippen molar-refractivity contribution < 1.29 is 14.3 Å². The van der Waals surface area contributed by atoms with Gasteiger partial charge in [-0.2, -0.15) is 0 Å². The van der Waals surface area contributed by atoms with Crippen LogP contribution < -0.4 is 5.32 Å². The van der Waals surface area contributed by atoms with E-state index >= 15 is 0 Å². The Balaban J connectivity index is 2.30. The molecule has 0 aliphatic heterocycles. The number of aldehydes is 1. The summed E-state index contributed by atoms with van der Waals surface area (Å²) in [5, 5.41) is 3.01. The second-order valence-corrected chi connectivity index (χ2v) is 5.54. The molecule has 0 bridgehead atoms. The molecule has 3 atom stereocenters. The normalized spacial score (nSPS) is 22.5. The highest BCUT2D eigenvalue weighted by Crippen LogP contribution is 2.33. The fourth-order valence-corrected chi connectivity index (χ4v) is 2.90. The van der Waals surface area contributed by atoms with Crippen LogP contribution in [0.25, 0.3) is 0 Å². The van der Waals surface area contributed by atoms with E-state index in [4.69, 9.17) is 4.74 Å². The summed E-state index contributed by atoms with van der Waals surface area (Å²) in [5.74, 6) is -0.169. The third kappa shape index (κ3) is 4.04. The van der Waals surface area contributed by atoms with Gasteiger partial charge in [0, 0.05) is 19.4 Å². The fourth-order valence-electron chi connectivity index (χ4n) is 2.90. The largest absolute Gasteiger partial charge is 0.374 e. The molecule has 1 amide bonds. The third-order valence-corrected chi connectivity index (χ3v) is 3.95. The summed E-state index contributed by atoms with van der Waals surface area (Å²) in [6.07, 6.45) is 4.32. The van der Waals surface area contributed by atoms with Gasteiger partial charge in [0.1, 0.15) is 6.29 Å². The van der Waals surface area contributed by atoms with E-state index in [0.29, 0.717) is 6.61 Å². The van der Waals surface area contributed by atoms with E-state index in [2.05, 4.69) is 5.32 Å². The Bertz CT molecular complexity index is 539. The monoisotopic (exact) mass is 301 g/mol. The number of benzene rings is 1. The molecular weight excluding hydrogens is 278 g/mol. The van der Waals surface area contributed by atoms with Crippen LogP contribution in [0.4, 0.5) is 0 Å². The first kappa shape index (κ1) is 16.4. The molecule has 1 aromatic carbocycles. The molecule has 1 aliphatic carbocycles. The number of amides is 1. The Labute approximate surface area is 131 Å². The van der Waals surface area contributed by atoms with Gasteiger partial charge in [0.15, 0.2) is 0 Å². The SMILES string of the molecule is CCOC1C=C([C@@H](NC(C)=O)c2ccccc2)CC[C@@H]1C=O. The van der Waals surface area contributed by atoms with Gasteiger partial charge in [0.25, 0.3) is 0 Å². The van der Waals surface area contributed by atoms with Crippen LogP contribution in [0.2, 0.25) is 0 Å². The Hall–Kier alpha value is -1.94. The molecule has 118 valence electrons. The van der Waals surface area contributed by atoms with Crippen molar-refractivity contribution in [1.29, 1.82) is 0 Å². The molecule has 0 fully saturated rings. The zero-order valence-electron chi connectivity index (χ0n) is 13.1. The molecule has 4 heteroatoms. The van der Waals surface area contributed by atoms with E-state index in [9.17, 15) is 9.59 Å². The highest BCUT2D eigenvalue weighted by molar-refractivity contribution is 5.74. The maximum Gasteiger partial charge on any atom is 0.217 e. The van der Waals surface area contributed by atoms with Crippen LogP contribution >= 0.6 is 0 Å². The van der Waals surface area contributed by atoms with Gasteiger partial charge in [-0.3, -0.25) is 4.79 Å². The second kappa shape index (κ2) is 7.90. The van der Waals surface area contributed by atoms with Crippen LogP contribution in [0.15, 0.2) is 42.0 Å². The highest BCUT2D eigenvalue weighted by atomic mass is 16.5. The molecule has 22 heavy (non-hydrogen) atoms. The first-order chi connectivity index (χ1) is 10.7. The molecule has 0 radical (unpaired) electrons. The number of ether oxygens (including phenoxy) is 1. The molecule has 0 saturated heterocycles. The molecule has 0 saturated carbocycles. The lowest BCUT2D eigenvalue weighted by molar-refractivity contribution is -0.119. The second-order valence-electron chi connectivity index (χ2n) is 5.54. The van der Waals surface area contributed by atoms with Crippen LogP contribution in [0, 0.1) is 5.92 Å². The minimum Gasteiger partial charge on any atom is -0.374 e. The summed E-state index contributed by atoms with van der Waals surface area (Å²) in [4.78, 5) is 22.8. The van der Waals surface area contributed by atoms with Gasteiger partial charge in [-0.05, 0) is 30.9 Å². The van der Waals surface area contributed by atoms with Crippen molar-refractivity contribution in [1.82, 2.24) is 5.32 Å². The average molecular weight is 301 g/mol. The van der Waals surface area contributed by atoms with E-state index < -0.39 is 0 Å². The molecule has 2 rings (SSSR count). The van der Waals surface area contributed by atoms with Gasteiger partial charge in [0.05, 0.1) is 12.1 Å². The van der Waals surface area contributed by atoms with Crippen molar-refractivity contribution in [2.45, 2.75) is 38.8 Å². The summed E-state index contributed by atoms with van der Waals surface area (Å²) >= 11 is 0. The predicted molar refractivity (Wildman–Crippen MR) is 85.3 cm³/mol. The predicted octanol–water partition coefficient (Wildman–Crippen LogP) is 2.80. The summed E-state index contributed by atoms with van der Waals surface area (Å²) in [6, 6.07) is 9.72. The maximum absolute atomic E-state index is 11.6. The number of rotatable bonds is 6. The summed E-state index contributed by atoms with van der Waals surface area (Å²) in [5.41, 5.74) is 2.15. The molecule has 1 N–H and O–H groups in total. The number of hydrogen-bond acceptors (Lipinski definition) is 3. The summed E-state index contributed by atoms with van der Waals surface area (Å²) in [6.45, 7) is 4.01. The van der Waals surface area contributed by atoms with Gasteiger partial charge < -0.3 is 14.8 Å². The van der Waals surface area contributed by atoms with E-state index in [0.717, 1.165) is 30.3 Å². The smallest absolute Gasteiger partial charge is 0.217 e. The van der Waals surface area contributed by atoms with Crippen LogP contribution in [-0.2, 0) is 14.3 Å². The number of hydrogen-bond donors (Lipinski definition) is 1. The van der Waals surface area contributed by atoms with E-state index in [1.165, 1.54) is 6.92 Å². The van der Waals surface area contributed by atoms with Crippen LogP contribution in [-0.4, -0.2) is 24.9 Å². The maximum atomic E-state index is 11.6. The van der Waals surface area contributed by atoms with Crippen LogP contribution in [0.1, 0.15) is 38.3 Å². The third-order valence-electron chi connectivity index (χ3n) is 3.95. The van der Waals surface area contributed by atoms with E-state index in [1.807, 2.05) is 43.3 Å². The minimum absolute atomic E-state index is 0.0692. The lowest BCUT2D eigenvalue weighted by Gasteiger charge is -2.31. The Morgan fingerprint density at radius 3 is 2.73 bits per heavy atom. The Morgan fingerprint density at radius 2 is 2.14 bits per heavy atom. The standard InChI is InChI=1S/C18H23NO3/c1-3-22-17-11-15(9-10-16(17)12-20)18(19-13(2)21)14-7-5-4-6-8-14/h4-8,11-12,16-18H,3,9-10H2,1-2H3,(H,19,21)/t16-,17?,18+/m1/s1. The molecule has 1 aliphatic rings. The van der Waals surface area contributed by atoms with Crippen LogP contribution in [0.5, 0.6) is 0 Å². The van der Waals surface area contributed by atoms with Gasteiger partial charge in [-0.15, -0.1) is 0 Å². The van der Waals surface area contributed by atoms with Crippen LogP contribution in [0.3, 0.4) is 0 Å². The molecule has 1 aromatic rings. The average Bonchev–Trinajstić information content (AvgIpc) is 2.53. The first-order valence-electron chi connectivity index (χ1n) is 7.75. The van der Waals surface area contributed by atoms with Gasteiger partial charge >= 0.3 is 0 Å². The lowest BCUT2D eigenvalue weighted by Crippen LogP contribution is -2.33. The first-order valence-corrected chi connectivity index (χ1v) is 7.75. The zero-order valence-corrected chi connectivity index (χ0v) is 13.1. The molecular formula is C18H23NO3. The fraction of sp³-hybridized carbons (Fsp3) is 0.444. The van der Waals surface area contributed by atoms with Crippen molar-refractivity contribution >= 4 is 12.2 Å².